The zero-order chi connectivity index (χ0) is 18.1. The molecule has 2 aliphatic heterocycles. The summed E-state index contributed by atoms with van der Waals surface area (Å²) in [4.78, 5) is 30.8. The fourth-order valence-electron chi connectivity index (χ4n) is 4.09. The number of anilines is 1. The molecule has 1 aliphatic carbocycles. The molecule has 1 saturated heterocycles. The first-order valence-electron chi connectivity index (χ1n) is 9.49. The second-order valence-electron chi connectivity index (χ2n) is 7.38. The number of nitriles is 1. The van der Waals surface area contributed by atoms with Crippen LogP contribution in [0.15, 0.2) is 24.3 Å². The molecule has 2 fully saturated rings. The Labute approximate surface area is 154 Å². The van der Waals surface area contributed by atoms with Gasteiger partial charge in [0.1, 0.15) is 6.04 Å². The minimum atomic E-state index is -0.197. The lowest BCUT2D eigenvalue weighted by atomic mass is 10.0. The Morgan fingerprint density at radius 1 is 1.19 bits per heavy atom. The number of fused-ring (bicyclic) bond motifs is 1. The van der Waals surface area contributed by atoms with Crippen LogP contribution in [0.2, 0.25) is 0 Å². The highest BCUT2D eigenvalue weighted by Crippen LogP contribution is 2.30. The van der Waals surface area contributed by atoms with Crippen LogP contribution in [0.5, 0.6) is 0 Å². The van der Waals surface area contributed by atoms with Crippen molar-refractivity contribution in [3.8, 4) is 6.07 Å². The average Bonchev–Trinajstić information content (AvgIpc) is 3.51. The molecular weight excluding hydrogens is 328 g/mol. The Balaban J connectivity index is 1.37. The van der Waals surface area contributed by atoms with Crippen LogP contribution in [0.3, 0.4) is 0 Å². The number of carbonyl (C=O) groups excluding carboxylic acids is 2. The molecule has 26 heavy (non-hydrogen) atoms. The minimum Gasteiger partial charge on any atom is -0.339 e. The van der Waals surface area contributed by atoms with Gasteiger partial charge in [-0.1, -0.05) is 18.2 Å². The number of carbonyl (C=O) groups is 2. The molecule has 0 bridgehead atoms. The van der Waals surface area contributed by atoms with Crippen molar-refractivity contribution in [1.29, 1.82) is 5.26 Å². The molecule has 4 rings (SSSR count). The van der Waals surface area contributed by atoms with E-state index in [0.29, 0.717) is 38.5 Å². The zero-order valence-corrected chi connectivity index (χ0v) is 14.9. The number of para-hydroxylation sites is 1. The summed E-state index contributed by atoms with van der Waals surface area (Å²) < 4.78 is 0. The molecule has 1 atom stereocenters. The van der Waals surface area contributed by atoms with Crippen molar-refractivity contribution in [3.63, 3.8) is 0 Å². The van der Waals surface area contributed by atoms with Crippen molar-refractivity contribution in [2.45, 2.75) is 44.2 Å². The molecule has 1 unspecified atom stereocenters. The molecule has 0 N–H and O–H groups in total. The van der Waals surface area contributed by atoms with E-state index in [0.717, 1.165) is 18.7 Å². The van der Waals surface area contributed by atoms with Gasteiger partial charge < -0.3 is 9.80 Å². The summed E-state index contributed by atoms with van der Waals surface area (Å²) in [6.45, 7) is 2.35. The third kappa shape index (κ3) is 3.32. The van der Waals surface area contributed by atoms with E-state index in [1.807, 2.05) is 24.3 Å². The van der Waals surface area contributed by atoms with Crippen molar-refractivity contribution in [3.05, 3.63) is 29.8 Å². The average molecular weight is 352 g/mol. The van der Waals surface area contributed by atoms with E-state index in [9.17, 15) is 14.9 Å². The van der Waals surface area contributed by atoms with Crippen LogP contribution in [0.1, 0.15) is 31.2 Å². The van der Waals surface area contributed by atoms with Crippen molar-refractivity contribution in [1.82, 2.24) is 9.80 Å². The third-order valence-corrected chi connectivity index (χ3v) is 5.68. The first-order chi connectivity index (χ1) is 12.7. The molecule has 2 amide bonds. The Bertz CT molecular complexity index is 752. The minimum absolute atomic E-state index is 0.0385. The number of amides is 2. The first kappa shape index (κ1) is 17.0. The van der Waals surface area contributed by atoms with E-state index in [2.05, 4.69) is 11.0 Å². The van der Waals surface area contributed by atoms with Crippen LogP contribution in [-0.2, 0) is 16.0 Å². The number of hydrogen-bond donors (Lipinski definition) is 0. The molecule has 1 saturated carbocycles. The molecule has 6 heteroatoms. The van der Waals surface area contributed by atoms with Crippen LogP contribution < -0.4 is 4.90 Å². The van der Waals surface area contributed by atoms with Crippen molar-refractivity contribution < 1.29 is 9.59 Å². The molecule has 2 heterocycles. The topological polar surface area (TPSA) is 67.6 Å². The van der Waals surface area contributed by atoms with Crippen LogP contribution in [0, 0.1) is 11.3 Å². The maximum atomic E-state index is 12.7. The number of aryl methyl sites for hydroxylation is 1. The standard InChI is InChI=1S/C20H24N4O2/c21-13-17-14-22(11-12-23(17)16-6-7-16)19(25)9-10-24-18-4-2-1-3-15(18)5-8-20(24)26/h1-4,16-17H,5-12,14H2. The number of benzene rings is 1. The Kier molecular flexibility index (Phi) is 4.64. The molecule has 136 valence electrons. The number of nitrogens with zero attached hydrogens (tertiary/aromatic N) is 4. The van der Waals surface area contributed by atoms with E-state index in [4.69, 9.17) is 0 Å². The molecule has 0 spiro atoms. The van der Waals surface area contributed by atoms with Crippen LogP contribution >= 0.6 is 0 Å². The maximum Gasteiger partial charge on any atom is 0.227 e. The molecular formula is C20H24N4O2. The van der Waals surface area contributed by atoms with Crippen molar-refractivity contribution in [2.24, 2.45) is 0 Å². The van der Waals surface area contributed by atoms with Gasteiger partial charge in [0.15, 0.2) is 0 Å². The van der Waals surface area contributed by atoms with Crippen LogP contribution in [-0.4, -0.2) is 59.9 Å². The van der Waals surface area contributed by atoms with E-state index in [1.54, 1.807) is 9.80 Å². The summed E-state index contributed by atoms with van der Waals surface area (Å²) in [6.07, 6.45) is 3.92. The molecule has 0 radical (unpaired) electrons. The normalized spacial score (nSPS) is 23.5. The number of piperazine rings is 1. The zero-order valence-electron chi connectivity index (χ0n) is 14.9. The molecule has 6 nitrogen and oxygen atoms in total. The molecule has 0 aromatic heterocycles. The number of rotatable bonds is 4. The summed E-state index contributed by atoms with van der Waals surface area (Å²) >= 11 is 0. The number of hydrogen-bond acceptors (Lipinski definition) is 4. The highest BCUT2D eigenvalue weighted by Gasteiger charge is 2.38. The quantitative estimate of drug-likeness (QED) is 0.825. The third-order valence-electron chi connectivity index (χ3n) is 5.68. The predicted octanol–water partition coefficient (Wildman–Crippen LogP) is 1.55. The largest absolute Gasteiger partial charge is 0.339 e. The van der Waals surface area contributed by atoms with Gasteiger partial charge in [0, 0.05) is 50.7 Å². The summed E-state index contributed by atoms with van der Waals surface area (Å²) in [5, 5.41) is 9.43. The lowest BCUT2D eigenvalue weighted by Crippen LogP contribution is -2.55. The van der Waals surface area contributed by atoms with Gasteiger partial charge >= 0.3 is 0 Å². The Hall–Kier alpha value is -2.39. The SMILES string of the molecule is N#CC1CN(C(=O)CCN2C(=O)CCc3ccccc32)CCN1C1CC1. The van der Waals surface area contributed by atoms with Gasteiger partial charge in [0.25, 0.3) is 0 Å². The summed E-state index contributed by atoms with van der Waals surface area (Å²) in [5.74, 6) is 0.126. The summed E-state index contributed by atoms with van der Waals surface area (Å²) in [5.41, 5.74) is 2.10. The fourth-order valence-corrected chi connectivity index (χ4v) is 4.09. The van der Waals surface area contributed by atoms with Gasteiger partial charge in [-0.25, -0.2) is 0 Å². The molecule has 1 aromatic carbocycles. The molecule has 3 aliphatic rings. The Morgan fingerprint density at radius 2 is 2.00 bits per heavy atom. The van der Waals surface area contributed by atoms with Gasteiger partial charge in [0.05, 0.1) is 6.07 Å². The predicted molar refractivity (Wildman–Crippen MR) is 97.4 cm³/mol. The van der Waals surface area contributed by atoms with Crippen molar-refractivity contribution >= 4 is 17.5 Å². The lowest BCUT2D eigenvalue weighted by Gasteiger charge is -2.38. The summed E-state index contributed by atoms with van der Waals surface area (Å²) in [6, 6.07) is 10.6. The van der Waals surface area contributed by atoms with Gasteiger partial charge in [-0.2, -0.15) is 5.26 Å². The highest BCUT2D eigenvalue weighted by molar-refractivity contribution is 5.97. The van der Waals surface area contributed by atoms with E-state index in [1.165, 1.54) is 18.4 Å². The van der Waals surface area contributed by atoms with Crippen LogP contribution in [0.25, 0.3) is 0 Å². The summed E-state index contributed by atoms with van der Waals surface area (Å²) in [7, 11) is 0. The van der Waals surface area contributed by atoms with Gasteiger partial charge in [-0.15, -0.1) is 0 Å². The second kappa shape index (κ2) is 7.08. The van der Waals surface area contributed by atoms with E-state index >= 15 is 0 Å². The van der Waals surface area contributed by atoms with E-state index < -0.39 is 0 Å². The first-order valence-corrected chi connectivity index (χ1v) is 9.49. The second-order valence-corrected chi connectivity index (χ2v) is 7.38. The lowest BCUT2D eigenvalue weighted by molar-refractivity contribution is -0.133. The van der Waals surface area contributed by atoms with E-state index in [-0.39, 0.29) is 17.9 Å². The fraction of sp³-hybridized carbons (Fsp3) is 0.550. The smallest absolute Gasteiger partial charge is 0.227 e. The molecule has 1 aromatic rings. The van der Waals surface area contributed by atoms with Gasteiger partial charge in [-0.3, -0.25) is 14.5 Å². The van der Waals surface area contributed by atoms with Gasteiger partial charge in [-0.05, 0) is 30.9 Å². The van der Waals surface area contributed by atoms with Gasteiger partial charge in [0.2, 0.25) is 11.8 Å². The van der Waals surface area contributed by atoms with Crippen molar-refractivity contribution in [2.75, 3.05) is 31.1 Å². The maximum absolute atomic E-state index is 12.7. The van der Waals surface area contributed by atoms with Crippen LogP contribution in [0.4, 0.5) is 5.69 Å². The monoisotopic (exact) mass is 352 g/mol. The highest BCUT2D eigenvalue weighted by atomic mass is 16.2. The Morgan fingerprint density at radius 3 is 2.77 bits per heavy atom.